The maximum Gasteiger partial charge on any atom is 0.114 e. The molecule has 1 saturated heterocycles. The van der Waals surface area contributed by atoms with E-state index < -0.39 is 6.10 Å². The van der Waals surface area contributed by atoms with Gasteiger partial charge in [-0.25, -0.2) is 4.98 Å². The Balaban J connectivity index is 1.63. The average molecular weight is 461 g/mol. The van der Waals surface area contributed by atoms with E-state index in [4.69, 9.17) is 11.6 Å². The van der Waals surface area contributed by atoms with Gasteiger partial charge < -0.3 is 15.0 Å². The second-order valence-electron chi connectivity index (χ2n) is 8.71. The molecule has 5 nitrogen and oxygen atoms in total. The lowest BCUT2D eigenvalue weighted by Gasteiger charge is -2.46. The van der Waals surface area contributed by atoms with E-state index in [1.807, 2.05) is 55.7 Å². The molecule has 5 rings (SSSR count). The van der Waals surface area contributed by atoms with Crippen LogP contribution in [0.15, 0.2) is 85.2 Å². The van der Waals surface area contributed by atoms with Gasteiger partial charge in [0.05, 0.1) is 23.5 Å². The molecule has 4 aromatic rings. The largest absolute Gasteiger partial charge is 0.390 e. The SMILES string of the molecule is CC(O)C(N1CCNCC1C(c1ccccc1)c1ccccc1Cl)n1cnc2ccccc21. The second kappa shape index (κ2) is 9.65. The topological polar surface area (TPSA) is 53.3 Å². The molecule has 33 heavy (non-hydrogen) atoms. The summed E-state index contributed by atoms with van der Waals surface area (Å²) in [4.78, 5) is 7.03. The zero-order valence-corrected chi connectivity index (χ0v) is 19.4. The van der Waals surface area contributed by atoms with Crippen molar-refractivity contribution in [2.75, 3.05) is 19.6 Å². The Morgan fingerprint density at radius 3 is 2.52 bits per heavy atom. The third-order valence-corrected chi connectivity index (χ3v) is 6.99. The van der Waals surface area contributed by atoms with Gasteiger partial charge in [-0.1, -0.05) is 72.3 Å². The minimum Gasteiger partial charge on any atom is -0.390 e. The number of fused-ring (bicyclic) bond motifs is 1. The second-order valence-corrected chi connectivity index (χ2v) is 9.12. The molecule has 1 fully saturated rings. The Kier molecular flexibility index (Phi) is 6.47. The lowest BCUT2D eigenvalue weighted by atomic mass is 9.83. The van der Waals surface area contributed by atoms with E-state index in [0.717, 1.165) is 41.3 Å². The zero-order valence-electron chi connectivity index (χ0n) is 18.7. The first kappa shape index (κ1) is 22.1. The number of aliphatic hydroxyl groups excluding tert-OH is 1. The smallest absolute Gasteiger partial charge is 0.114 e. The molecule has 2 heterocycles. The van der Waals surface area contributed by atoms with Crippen molar-refractivity contribution in [2.24, 2.45) is 0 Å². The Bertz CT molecular complexity index is 1210. The van der Waals surface area contributed by atoms with Crippen molar-refractivity contribution in [1.82, 2.24) is 19.8 Å². The van der Waals surface area contributed by atoms with Crippen LogP contribution in [0.1, 0.15) is 30.1 Å². The van der Waals surface area contributed by atoms with Crippen LogP contribution in [0.2, 0.25) is 5.02 Å². The molecule has 6 heteroatoms. The molecular weight excluding hydrogens is 432 g/mol. The molecule has 0 aliphatic carbocycles. The molecule has 4 atom stereocenters. The third kappa shape index (κ3) is 4.30. The Labute approximate surface area is 199 Å². The number of aromatic nitrogens is 2. The number of para-hydroxylation sites is 2. The van der Waals surface area contributed by atoms with Gasteiger partial charge in [-0.3, -0.25) is 4.90 Å². The average Bonchev–Trinajstić information content (AvgIpc) is 3.26. The molecule has 0 bridgehead atoms. The van der Waals surface area contributed by atoms with Crippen LogP contribution in [0.4, 0.5) is 0 Å². The highest BCUT2D eigenvalue weighted by Gasteiger charge is 2.39. The van der Waals surface area contributed by atoms with Crippen LogP contribution in [0.25, 0.3) is 11.0 Å². The van der Waals surface area contributed by atoms with Crippen LogP contribution in [0.3, 0.4) is 0 Å². The normalized spacial score (nSPS) is 19.9. The van der Waals surface area contributed by atoms with E-state index in [2.05, 4.69) is 56.2 Å². The third-order valence-electron chi connectivity index (χ3n) is 6.65. The van der Waals surface area contributed by atoms with Crippen LogP contribution in [-0.2, 0) is 0 Å². The predicted octanol–water partition coefficient (Wildman–Crippen LogP) is 4.68. The number of rotatable bonds is 6. The van der Waals surface area contributed by atoms with Gasteiger partial charge in [0.1, 0.15) is 6.17 Å². The first-order valence-electron chi connectivity index (χ1n) is 11.5. The fourth-order valence-corrected chi connectivity index (χ4v) is 5.49. The summed E-state index contributed by atoms with van der Waals surface area (Å²) in [5.74, 6) is 0.0451. The fraction of sp³-hybridized carbons (Fsp3) is 0.296. The van der Waals surface area contributed by atoms with Crippen LogP contribution < -0.4 is 5.32 Å². The summed E-state index contributed by atoms with van der Waals surface area (Å²) in [7, 11) is 0. The number of aliphatic hydroxyl groups is 1. The van der Waals surface area contributed by atoms with Gasteiger partial charge in [0.25, 0.3) is 0 Å². The highest BCUT2D eigenvalue weighted by Crippen LogP contribution is 2.38. The standard InChI is InChI=1S/C27H29ClN4O/c1-19(33)27(32-18-30-23-13-7-8-14-24(23)32)31-16-15-29-17-25(31)26(20-9-3-2-4-10-20)21-11-5-6-12-22(21)28/h2-14,18-19,25-27,29,33H,15-17H2,1H3. The van der Waals surface area contributed by atoms with Gasteiger partial charge in [-0.15, -0.1) is 0 Å². The Morgan fingerprint density at radius 2 is 1.73 bits per heavy atom. The molecular formula is C27H29ClN4O. The zero-order chi connectivity index (χ0) is 22.8. The fourth-order valence-electron chi connectivity index (χ4n) is 5.23. The van der Waals surface area contributed by atoms with Crippen molar-refractivity contribution < 1.29 is 5.11 Å². The van der Waals surface area contributed by atoms with Gasteiger partial charge in [0.2, 0.25) is 0 Å². The van der Waals surface area contributed by atoms with Crippen molar-refractivity contribution in [2.45, 2.75) is 31.2 Å². The van der Waals surface area contributed by atoms with E-state index >= 15 is 0 Å². The van der Waals surface area contributed by atoms with Crippen molar-refractivity contribution >= 4 is 22.6 Å². The summed E-state index contributed by atoms with van der Waals surface area (Å²) in [6, 6.07) is 26.8. The predicted molar refractivity (Wildman–Crippen MR) is 134 cm³/mol. The maximum atomic E-state index is 11.1. The van der Waals surface area contributed by atoms with Crippen LogP contribution in [0.5, 0.6) is 0 Å². The number of halogens is 1. The molecule has 1 aliphatic rings. The number of benzene rings is 3. The summed E-state index contributed by atoms with van der Waals surface area (Å²) < 4.78 is 2.12. The van der Waals surface area contributed by atoms with E-state index in [9.17, 15) is 5.11 Å². The molecule has 1 aromatic heterocycles. The van der Waals surface area contributed by atoms with Gasteiger partial charge >= 0.3 is 0 Å². The number of hydrogen-bond acceptors (Lipinski definition) is 4. The first-order valence-corrected chi connectivity index (χ1v) is 11.9. The van der Waals surface area contributed by atoms with Crippen LogP contribution in [-0.4, -0.2) is 51.3 Å². The summed E-state index contributed by atoms with van der Waals surface area (Å²) in [5.41, 5.74) is 4.27. The molecule has 3 aromatic carbocycles. The maximum absolute atomic E-state index is 11.1. The molecule has 0 spiro atoms. The highest BCUT2D eigenvalue weighted by atomic mass is 35.5. The van der Waals surface area contributed by atoms with Crippen molar-refractivity contribution in [3.05, 3.63) is 101 Å². The molecule has 0 amide bonds. The lowest BCUT2D eigenvalue weighted by molar-refractivity contribution is -0.0198. The minimum absolute atomic E-state index is 0.0451. The van der Waals surface area contributed by atoms with E-state index in [1.54, 1.807) is 0 Å². The number of hydrogen-bond donors (Lipinski definition) is 2. The quantitative estimate of drug-likeness (QED) is 0.439. The molecule has 0 saturated carbocycles. The molecule has 1 aliphatic heterocycles. The monoisotopic (exact) mass is 460 g/mol. The van der Waals surface area contributed by atoms with Gasteiger partial charge in [0.15, 0.2) is 0 Å². The highest BCUT2D eigenvalue weighted by molar-refractivity contribution is 6.31. The first-order chi connectivity index (χ1) is 16.1. The summed E-state index contributed by atoms with van der Waals surface area (Å²) in [5, 5.41) is 15.4. The number of nitrogens with one attached hydrogen (secondary N) is 1. The lowest BCUT2D eigenvalue weighted by Crippen LogP contribution is -2.57. The van der Waals surface area contributed by atoms with Crippen molar-refractivity contribution in [3.63, 3.8) is 0 Å². The Hall–Kier alpha value is -2.70. The van der Waals surface area contributed by atoms with Crippen LogP contribution in [0, 0.1) is 0 Å². The molecule has 2 N–H and O–H groups in total. The number of nitrogens with zero attached hydrogens (tertiary/aromatic N) is 3. The van der Waals surface area contributed by atoms with Gasteiger partial charge in [-0.05, 0) is 36.2 Å². The van der Waals surface area contributed by atoms with Gasteiger partial charge in [-0.2, -0.15) is 0 Å². The van der Waals surface area contributed by atoms with Crippen LogP contribution >= 0.6 is 11.6 Å². The number of imidazole rings is 1. The minimum atomic E-state index is -0.592. The van der Waals surface area contributed by atoms with Crippen molar-refractivity contribution in [3.8, 4) is 0 Å². The van der Waals surface area contributed by atoms with Gasteiger partial charge in [0, 0.05) is 36.6 Å². The van der Waals surface area contributed by atoms with Crippen molar-refractivity contribution in [1.29, 1.82) is 0 Å². The summed E-state index contributed by atoms with van der Waals surface area (Å²) >= 11 is 6.75. The summed E-state index contributed by atoms with van der Waals surface area (Å²) in [6.07, 6.45) is 1.01. The molecule has 4 unspecified atom stereocenters. The number of piperazine rings is 1. The van der Waals surface area contributed by atoms with E-state index in [0.29, 0.717) is 0 Å². The molecule has 0 radical (unpaired) electrons. The Morgan fingerprint density at radius 1 is 1.00 bits per heavy atom. The van der Waals surface area contributed by atoms with E-state index in [-0.39, 0.29) is 18.1 Å². The summed E-state index contributed by atoms with van der Waals surface area (Å²) in [6.45, 7) is 4.32. The molecule has 170 valence electrons. The van der Waals surface area contributed by atoms with E-state index in [1.165, 1.54) is 5.56 Å².